The van der Waals surface area contributed by atoms with Gasteiger partial charge in [0.25, 0.3) is 0 Å². The molecule has 0 aliphatic heterocycles. The molecule has 2 aromatic carbocycles. The number of aromatic nitrogens is 1. The zero-order chi connectivity index (χ0) is 20.9. The van der Waals surface area contributed by atoms with Gasteiger partial charge in [-0.2, -0.15) is 0 Å². The summed E-state index contributed by atoms with van der Waals surface area (Å²) in [5, 5.41) is 0.866. The SMILES string of the molecule is CCOc1ccc(OCC)c(S(=O)(=O)NCc2sc(-c3ccccc3)nc2C)c1. The summed E-state index contributed by atoms with van der Waals surface area (Å²) in [4.78, 5) is 5.51. The highest BCUT2D eigenvalue weighted by Gasteiger charge is 2.22. The van der Waals surface area contributed by atoms with Gasteiger partial charge >= 0.3 is 0 Å². The maximum atomic E-state index is 13.0. The molecule has 3 aromatic rings. The van der Waals surface area contributed by atoms with Crippen molar-refractivity contribution in [3.8, 4) is 22.1 Å². The first-order valence-corrected chi connectivity index (χ1v) is 11.7. The van der Waals surface area contributed by atoms with Crippen molar-refractivity contribution < 1.29 is 17.9 Å². The molecule has 8 heteroatoms. The summed E-state index contributed by atoms with van der Waals surface area (Å²) in [7, 11) is -3.80. The van der Waals surface area contributed by atoms with Gasteiger partial charge in [-0.05, 0) is 32.9 Å². The molecule has 0 amide bonds. The molecule has 0 saturated carbocycles. The zero-order valence-electron chi connectivity index (χ0n) is 16.6. The number of nitrogens with one attached hydrogen (secondary N) is 1. The third kappa shape index (κ3) is 5.14. The number of hydrogen-bond acceptors (Lipinski definition) is 6. The summed E-state index contributed by atoms with van der Waals surface area (Å²) in [5.74, 6) is 0.783. The average Bonchev–Trinajstić information content (AvgIpc) is 3.09. The van der Waals surface area contributed by atoms with Gasteiger partial charge in [0.2, 0.25) is 10.0 Å². The Kier molecular flexibility index (Phi) is 6.89. The highest BCUT2D eigenvalue weighted by Crippen LogP contribution is 2.30. The number of ether oxygens (including phenoxy) is 2. The molecule has 154 valence electrons. The Labute approximate surface area is 175 Å². The molecular weight excluding hydrogens is 408 g/mol. The summed E-state index contributed by atoms with van der Waals surface area (Å²) < 4.78 is 39.6. The molecule has 0 aliphatic carbocycles. The summed E-state index contributed by atoms with van der Waals surface area (Å²) in [6, 6.07) is 14.6. The molecule has 0 bridgehead atoms. The first-order valence-electron chi connectivity index (χ1n) is 9.35. The van der Waals surface area contributed by atoms with E-state index in [2.05, 4.69) is 9.71 Å². The van der Waals surface area contributed by atoms with Crippen molar-refractivity contribution in [3.05, 3.63) is 59.1 Å². The van der Waals surface area contributed by atoms with E-state index in [4.69, 9.17) is 9.47 Å². The van der Waals surface area contributed by atoms with Crippen molar-refractivity contribution in [2.75, 3.05) is 13.2 Å². The van der Waals surface area contributed by atoms with Crippen LogP contribution in [0.4, 0.5) is 0 Å². The lowest BCUT2D eigenvalue weighted by atomic mass is 10.2. The molecular formula is C21H24N2O4S2. The van der Waals surface area contributed by atoms with E-state index >= 15 is 0 Å². The fourth-order valence-corrected chi connectivity index (χ4v) is 5.02. The summed E-state index contributed by atoms with van der Waals surface area (Å²) in [5.41, 5.74) is 1.82. The van der Waals surface area contributed by atoms with Crippen LogP contribution in [-0.4, -0.2) is 26.6 Å². The maximum Gasteiger partial charge on any atom is 0.244 e. The van der Waals surface area contributed by atoms with Crippen LogP contribution in [0.2, 0.25) is 0 Å². The van der Waals surface area contributed by atoms with Gasteiger partial charge in [0.1, 0.15) is 21.4 Å². The van der Waals surface area contributed by atoms with Crippen LogP contribution in [0.3, 0.4) is 0 Å². The molecule has 1 aromatic heterocycles. The summed E-state index contributed by atoms with van der Waals surface area (Å²) >= 11 is 1.48. The second-order valence-electron chi connectivity index (χ2n) is 6.19. The number of nitrogens with zero attached hydrogens (tertiary/aromatic N) is 1. The smallest absolute Gasteiger partial charge is 0.244 e. The third-order valence-corrected chi connectivity index (χ3v) is 6.78. The molecule has 1 N–H and O–H groups in total. The average molecular weight is 433 g/mol. The van der Waals surface area contributed by atoms with Crippen molar-refractivity contribution >= 4 is 21.4 Å². The van der Waals surface area contributed by atoms with Gasteiger partial charge in [-0.15, -0.1) is 11.3 Å². The lowest BCUT2D eigenvalue weighted by molar-refractivity contribution is 0.322. The number of sulfonamides is 1. The van der Waals surface area contributed by atoms with Gasteiger partial charge in [-0.1, -0.05) is 30.3 Å². The van der Waals surface area contributed by atoms with E-state index in [0.717, 1.165) is 21.1 Å². The Morgan fingerprint density at radius 3 is 2.45 bits per heavy atom. The van der Waals surface area contributed by atoms with Gasteiger partial charge in [-0.3, -0.25) is 0 Å². The van der Waals surface area contributed by atoms with Crippen LogP contribution in [0.1, 0.15) is 24.4 Å². The lowest BCUT2D eigenvalue weighted by Gasteiger charge is -2.13. The quantitative estimate of drug-likeness (QED) is 0.542. The van der Waals surface area contributed by atoms with Crippen molar-refractivity contribution in [2.24, 2.45) is 0 Å². The highest BCUT2D eigenvalue weighted by atomic mass is 32.2. The van der Waals surface area contributed by atoms with Crippen LogP contribution in [0.15, 0.2) is 53.4 Å². The predicted octanol–water partition coefficient (Wildman–Crippen LogP) is 4.39. The van der Waals surface area contributed by atoms with E-state index in [1.807, 2.05) is 51.1 Å². The van der Waals surface area contributed by atoms with Gasteiger partial charge in [0, 0.05) is 23.1 Å². The van der Waals surface area contributed by atoms with Gasteiger partial charge in [0.15, 0.2) is 0 Å². The molecule has 0 saturated heterocycles. The lowest BCUT2D eigenvalue weighted by Crippen LogP contribution is -2.24. The molecule has 1 heterocycles. The van der Waals surface area contributed by atoms with Gasteiger partial charge in [-0.25, -0.2) is 18.1 Å². The molecule has 0 aliphatic rings. The molecule has 0 atom stereocenters. The molecule has 6 nitrogen and oxygen atoms in total. The molecule has 0 radical (unpaired) electrons. The van der Waals surface area contributed by atoms with Gasteiger partial charge in [0.05, 0.1) is 18.9 Å². The summed E-state index contributed by atoms with van der Waals surface area (Å²) in [6.45, 7) is 6.51. The number of benzene rings is 2. The molecule has 3 rings (SSSR count). The minimum Gasteiger partial charge on any atom is -0.494 e. The van der Waals surface area contributed by atoms with E-state index < -0.39 is 10.0 Å². The fraction of sp³-hybridized carbons (Fsp3) is 0.286. The second kappa shape index (κ2) is 9.39. The number of hydrogen-bond donors (Lipinski definition) is 1. The topological polar surface area (TPSA) is 77.5 Å². The van der Waals surface area contributed by atoms with Crippen LogP contribution >= 0.6 is 11.3 Å². The predicted molar refractivity (Wildman–Crippen MR) is 115 cm³/mol. The zero-order valence-corrected chi connectivity index (χ0v) is 18.3. The maximum absolute atomic E-state index is 13.0. The van der Waals surface area contributed by atoms with Crippen LogP contribution in [0.5, 0.6) is 11.5 Å². The minimum atomic E-state index is -3.80. The van der Waals surface area contributed by atoms with E-state index in [1.165, 1.54) is 17.4 Å². The van der Waals surface area contributed by atoms with E-state index in [-0.39, 0.29) is 11.4 Å². The monoisotopic (exact) mass is 432 g/mol. The van der Waals surface area contributed by atoms with E-state index in [9.17, 15) is 8.42 Å². The molecule has 29 heavy (non-hydrogen) atoms. The third-order valence-electron chi connectivity index (χ3n) is 4.15. The number of thiazole rings is 1. The Hall–Kier alpha value is -2.42. The van der Waals surface area contributed by atoms with Crippen molar-refractivity contribution in [3.63, 3.8) is 0 Å². The Bertz CT molecular complexity index is 1060. The van der Waals surface area contributed by atoms with E-state index in [1.54, 1.807) is 12.1 Å². The van der Waals surface area contributed by atoms with Crippen molar-refractivity contribution in [2.45, 2.75) is 32.2 Å². The van der Waals surface area contributed by atoms with Crippen LogP contribution in [-0.2, 0) is 16.6 Å². The van der Waals surface area contributed by atoms with Crippen molar-refractivity contribution in [1.82, 2.24) is 9.71 Å². The fourth-order valence-electron chi connectivity index (χ4n) is 2.76. The van der Waals surface area contributed by atoms with Crippen LogP contribution in [0.25, 0.3) is 10.6 Å². The Morgan fingerprint density at radius 2 is 1.76 bits per heavy atom. The Balaban J connectivity index is 1.83. The molecule has 0 unspecified atom stereocenters. The molecule has 0 spiro atoms. The minimum absolute atomic E-state index is 0.0655. The van der Waals surface area contributed by atoms with Gasteiger partial charge < -0.3 is 9.47 Å². The second-order valence-corrected chi connectivity index (χ2v) is 9.01. The van der Waals surface area contributed by atoms with Crippen LogP contribution in [0, 0.1) is 6.92 Å². The molecule has 0 fully saturated rings. The highest BCUT2D eigenvalue weighted by molar-refractivity contribution is 7.89. The number of rotatable bonds is 9. The standard InChI is InChI=1S/C21H24N2O4S2/c1-4-26-17-11-12-18(27-5-2)20(13-17)29(24,25)22-14-19-15(3)23-21(28-19)16-9-7-6-8-10-16/h6-13,22H,4-5,14H2,1-3H3. The first kappa shape index (κ1) is 21.3. The normalized spacial score (nSPS) is 11.4. The van der Waals surface area contributed by atoms with Crippen LogP contribution < -0.4 is 14.2 Å². The first-order chi connectivity index (χ1) is 13.9. The van der Waals surface area contributed by atoms with E-state index in [0.29, 0.717) is 24.7 Å². The Morgan fingerprint density at radius 1 is 1.03 bits per heavy atom. The van der Waals surface area contributed by atoms with Crippen molar-refractivity contribution in [1.29, 1.82) is 0 Å². The number of aryl methyl sites for hydroxylation is 1. The largest absolute Gasteiger partial charge is 0.494 e. The summed E-state index contributed by atoms with van der Waals surface area (Å²) in [6.07, 6.45) is 0.